The number of hydrogen-bond donors (Lipinski definition) is 0. The fourth-order valence-electron chi connectivity index (χ4n) is 3.02. The molecule has 2 aromatic rings. The number of piperazine rings is 1. The third-order valence-corrected chi connectivity index (χ3v) is 6.90. The van der Waals surface area contributed by atoms with Gasteiger partial charge in [0.1, 0.15) is 5.15 Å². The van der Waals surface area contributed by atoms with Crippen LogP contribution in [0.15, 0.2) is 29.2 Å². The second kappa shape index (κ2) is 7.02. The Morgan fingerprint density at radius 2 is 1.65 bits per heavy atom. The summed E-state index contributed by atoms with van der Waals surface area (Å²) >= 11 is 6.17. The Hall–Kier alpha value is -1.90. The molecule has 0 N–H and O–H groups in total. The van der Waals surface area contributed by atoms with Gasteiger partial charge in [-0.05, 0) is 26.0 Å². The summed E-state index contributed by atoms with van der Waals surface area (Å²) < 4.78 is 28.4. The van der Waals surface area contributed by atoms with Crippen LogP contribution in [0.2, 0.25) is 5.15 Å². The van der Waals surface area contributed by atoms with Gasteiger partial charge in [0, 0.05) is 33.2 Å². The molecule has 0 radical (unpaired) electrons. The summed E-state index contributed by atoms with van der Waals surface area (Å²) in [6.45, 7) is 4.77. The van der Waals surface area contributed by atoms with Gasteiger partial charge in [-0.3, -0.25) is 9.48 Å². The van der Waals surface area contributed by atoms with Crippen molar-refractivity contribution in [3.8, 4) is 0 Å². The first-order valence-electron chi connectivity index (χ1n) is 8.27. The first-order valence-corrected chi connectivity index (χ1v) is 10.1. The minimum atomic E-state index is -3.55. The number of amides is 1. The van der Waals surface area contributed by atoms with Gasteiger partial charge < -0.3 is 4.90 Å². The molecule has 3 rings (SSSR count). The highest BCUT2D eigenvalue weighted by Crippen LogP contribution is 2.23. The van der Waals surface area contributed by atoms with E-state index in [0.717, 1.165) is 5.56 Å². The van der Waals surface area contributed by atoms with E-state index < -0.39 is 10.0 Å². The van der Waals surface area contributed by atoms with Gasteiger partial charge in [-0.2, -0.15) is 9.40 Å². The molecule has 1 aliphatic rings. The van der Waals surface area contributed by atoms with Gasteiger partial charge in [0.25, 0.3) is 5.91 Å². The lowest BCUT2D eigenvalue weighted by molar-refractivity contribution is 0.0697. The van der Waals surface area contributed by atoms with E-state index >= 15 is 0 Å². The highest BCUT2D eigenvalue weighted by molar-refractivity contribution is 7.89. The molecule has 0 spiro atoms. The minimum absolute atomic E-state index is 0.215. The molecular formula is C17H21ClN4O3S. The van der Waals surface area contributed by atoms with E-state index in [1.807, 2.05) is 6.92 Å². The van der Waals surface area contributed by atoms with Crippen molar-refractivity contribution in [3.63, 3.8) is 0 Å². The summed E-state index contributed by atoms with van der Waals surface area (Å²) in [4.78, 5) is 14.6. The molecule has 0 bridgehead atoms. The quantitative estimate of drug-likeness (QED) is 0.793. The number of carbonyl (C=O) groups excluding carboxylic acids is 1. The molecule has 0 unspecified atom stereocenters. The largest absolute Gasteiger partial charge is 0.336 e. The van der Waals surface area contributed by atoms with Gasteiger partial charge in [-0.15, -0.1) is 0 Å². The molecule has 0 saturated carbocycles. The summed E-state index contributed by atoms with van der Waals surface area (Å²) in [5.41, 5.74) is 1.95. The summed E-state index contributed by atoms with van der Waals surface area (Å²) in [5.74, 6) is -0.215. The number of halogens is 1. The molecule has 1 aromatic carbocycles. The monoisotopic (exact) mass is 396 g/mol. The van der Waals surface area contributed by atoms with Crippen LogP contribution >= 0.6 is 11.6 Å². The van der Waals surface area contributed by atoms with Crippen molar-refractivity contribution in [2.24, 2.45) is 7.05 Å². The Labute approximate surface area is 158 Å². The van der Waals surface area contributed by atoms with Gasteiger partial charge in [0.15, 0.2) is 0 Å². The first kappa shape index (κ1) is 18.9. The molecule has 2 heterocycles. The van der Waals surface area contributed by atoms with E-state index in [4.69, 9.17) is 11.6 Å². The Morgan fingerprint density at radius 3 is 2.15 bits per heavy atom. The van der Waals surface area contributed by atoms with Crippen molar-refractivity contribution < 1.29 is 13.2 Å². The van der Waals surface area contributed by atoms with E-state index in [0.29, 0.717) is 29.5 Å². The smallest absolute Gasteiger partial charge is 0.258 e. The van der Waals surface area contributed by atoms with Crippen LogP contribution in [0.5, 0.6) is 0 Å². The fourth-order valence-corrected chi connectivity index (χ4v) is 4.70. The third kappa shape index (κ3) is 3.36. The van der Waals surface area contributed by atoms with Crippen molar-refractivity contribution in [2.75, 3.05) is 26.2 Å². The van der Waals surface area contributed by atoms with Gasteiger partial charge in [-0.1, -0.05) is 29.3 Å². The van der Waals surface area contributed by atoms with Gasteiger partial charge in [0.2, 0.25) is 10.0 Å². The summed E-state index contributed by atoms with van der Waals surface area (Å²) in [7, 11) is -1.87. The van der Waals surface area contributed by atoms with Gasteiger partial charge in [-0.25, -0.2) is 8.42 Å². The second-order valence-electron chi connectivity index (χ2n) is 6.38. The number of aryl methyl sites for hydroxylation is 3. The van der Waals surface area contributed by atoms with Crippen molar-refractivity contribution in [3.05, 3.63) is 46.2 Å². The van der Waals surface area contributed by atoms with Crippen LogP contribution in [-0.4, -0.2) is 59.5 Å². The molecule has 9 heteroatoms. The molecule has 1 saturated heterocycles. The number of nitrogens with zero attached hydrogens (tertiary/aromatic N) is 4. The van der Waals surface area contributed by atoms with E-state index in [1.165, 1.54) is 8.99 Å². The molecule has 1 fully saturated rings. The Kier molecular flexibility index (Phi) is 5.09. The van der Waals surface area contributed by atoms with Crippen LogP contribution in [-0.2, 0) is 17.1 Å². The first-order chi connectivity index (χ1) is 12.2. The highest BCUT2D eigenvalue weighted by Gasteiger charge is 2.32. The lowest BCUT2D eigenvalue weighted by atomic mass is 10.2. The van der Waals surface area contributed by atoms with Crippen molar-refractivity contribution in [1.82, 2.24) is 19.0 Å². The maximum absolute atomic E-state index is 12.7. The predicted molar refractivity (Wildman–Crippen MR) is 98.8 cm³/mol. The number of aromatic nitrogens is 2. The second-order valence-corrected chi connectivity index (χ2v) is 8.68. The zero-order valence-corrected chi connectivity index (χ0v) is 16.5. The normalized spacial score (nSPS) is 16.1. The zero-order valence-electron chi connectivity index (χ0n) is 14.9. The van der Waals surface area contributed by atoms with E-state index in [9.17, 15) is 13.2 Å². The Balaban J connectivity index is 1.73. The molecule has 7 nitrogen and oxygen atoms in total. The van der Waals surface area contributed by atoms with Crippen LogP contribution < -0.4 is 0 Å². The molecular weight excluding hydrogens is 376 g/mol. The SMILES string of the molecule is Cc1ccc(S(=O)(=O)N2CCN(C(=O)c3c(C)nn(C)c3Cl)CC2)cc1. The van der Waals surface area contributed by atoms with Gasteiger partial charge in [0.05, 0.1) is 16.2 Å². The summed E-state index contributed by atoms with van der Waals surface area (Å²) in [6, 6.07) is 6.78. The van der Waals surface area contributed by atoms with Crippen LogP contribution in [0.4, 0.5) is 0 Å². The van der Waals surface area contributed by atoms with Crippen molar-refractivity contribution >= 4 is 27.5 Å². The Bertz CT molecular complexity index is 930. The van der Waals surface area contributed by atoms with E-state index in [2.05, 4.69) is 5.10 Å². The summed E-state index contributed by atoms with van der Waals surface area (Å²) in [5, 5.41) is 4.45. The van der Waals surface area contributed by atoms with Gasteiger partial charge >= 0.3 is 0 Å². The maximum Gasteiger partial charge on any atom is 0.258 e. The van der Waals surface area contributed by atoms with Crippen molar-refractivity contribution in [1.29, 1.82) is 0 Å². The number of sulfonamides is 1. The lowest BCUT2D eigenvalue weighted by Gasteiger charge is -2.34. The van der Waals surface area contributed by atoms with Crippen molar-refractivity contribution in [2.45, 2.75) is 18.7 Å². The Morgan fingerprint density at radius 1 is 1.08 bits per heavy atom. The summed E-state index contributed by atoms with van der Waals surface area (Å²) in [6.07, 6.45) is 0. The van der Waals surface area contributed by atoms with Crippen LogP contribution in [0.1, 0.15) is 21.6 Å². The van der Waals surface area contributed by atoms with Crippen LogP contribution in [0.3, 0.4) is 0 Å². The molecule has 0 atom stereocenters. The van der Waals surface area contributed by atoms with E-state index in [1.54, 1.807) is 43.1 Å². The topological polar surface area (TPSA) is 75.5 Å². The highest BCUT2D eigenvalue weighted by atomic mass is 35.5. The van der Waals surface area contributed by atoms with Crippen LogP contribution in [0.25, 0.3) is 0 Å². The number of carbonyl (C=O) groups is 1. The van der Waals surface area contributed by atoms with Crippen LogP contribution in [0, 0.1) is 13.8 Å². The maximum atomic E-state index is 12.7. The number of benzene rings is 1. The lowest BCUT2D eigenvalue weighted by Crippen LogP contribution is -2.50. The zero-order chi connectivity index (χ0) is 19.1. The fraction of sp³-hybridized carbons (Fsp3) is 0.412. The average molecular weight is 397 g/mol. The molecule has 1 aromatic heterocycles. The average Bonchev–Trinajstić information content (AvgIpc) is 2.87. The molecule has 0 aliphatic carbocycles. The molecule has 1 aliphatic heterocycles. The standard InChI is InChI=1S/C17H21ClN4O3S/c1-12-4-6-14(7-5-12)26(24,25)22-10-8-21(9-11-22)17(23)15-13(2)19-20(3)16(15)18/h4-7H,8-11H2,1-3H3. The number of hydrogen-bond acceptors (Lipinski definition) is 4. The van der Waals surface area contributed by atoms with E-state index in [-0.39, 0.29) is 23.9 Å². The predicted octanol–water partition coefficient (Wildman–Crippen LogP) is 1.84. The minimum Gasteiger partial charge on any atom is -0.336 e. The molecule has 26 heavy (non-hydrogen) atoms. The molecule has 1 amide bonds. The molecule has 140 valence electrons. The third-order valence-electron chi connectivity index (χ3n) is 4.55. The number of rotatable bonds is 3.